The summed E-state index contributed by atoms with van der Waals surface area (Å²) in [7, 11) is 1.56. The second-order valence-electron chi connectivity index (χ2n) is 10.7. The Morgan fingerprint density at radius 3 is 2.73 bits per heavy atom. The fraction of sp³-hybridized carbons (Fsp3) is 0.448. The number of rotatable bonds is 8. The monoisotopic (exact) mass is 560 g/mol. The summed E-state index contributed by atoms with van der Waals surface area (Å²) in [6.07, 6.45) is 10.1. The molecule has 0 radical (unpaired) electrons. The maximum Gasteiger partial charge on any atom is 0.176 e. The van der Waals surface area contributed by atoms with E-state index in [4.69, 9.17) is 19.8 Å². The molecule has 11 nitrogen and oxygen atoms in total. The molecule has 0 saturated heterocycles. The number of nitrogens with one attached hydrogen (secondary N) is 1. The van der Waals surface area contributed by atoms with Gasteiger partial charge < -0.3 is 19.9 Å². The summed E-state index contributed by atoms with van der Waals surface area (Å²) < 4.78 is 29.1. The van der Waals surface area contributed by atoms with E-state index in [9.17, 15) is 9.50 Å². The summed E-state index contributed by atoms with van der Waals surface area (Å²) in [6.45, 7) is 4.30. The van der Waals surface area contributed by atoms with Crippen molar-refractivity contribution in [3.63, 3.8) is 0 Å². The molecule has 0 amide bonds. The van der Waals surface area contributed by atoms with Crippen LogP contribution in [0.1, 0.15) is 48.7 Å². The van der Waals surface area contributed by atoms with Crippen LogP contribution >= 0.6 is 0 Å². The minimum absolute atomic E-state index is 0.288. The average Bonchev–Trinajstić information content (AvgIpc) is 3.57. The van der Waals surface area contributed by atoms with Gasteiger partial charge in [0.25, 0.3) is 0 Å². The molecule has 1 saturated carbocycles. The van der Waals surface area contributed by atoms with Gasteiger partial charge in [-0.05, 0) is 56.4 Å². The first-order chi connectivity index (χ1) is 20.0. The molecule has 0 spiro atoms. The quantitative estimate of drug-likeness (QED) is 0.246. The Kier molecular flexibility index (Phi) is 7.47. The molecular weight excluding hydrogens is 527 g/mol. The van der Waals surface area contributed by atoms with Crippen molar-refractivity contribution in [3.05, 3.63) is 59.6 Å². The third kappa shape index (κ3) is 5.18. The van der Waals surface area contributed by atoms with E-state index in [2.05, 4.69) is 38.1 Å². The molecule has 4 aromatic heterocycles. The van der Waals surface area contributed by atoms with E-state index >= 15 is 0 Å². The summed E-state index contributed by atoms with van der Waals surface area (Å²) in [6, 6.07) is 5.46. The van der Waals surface area contributed by atoms with Crippen LogP contribution < -0.4 is 14.8 Å². The largest absolute Gasteiger partial charge is 0.493 e. The normalized spacial score (nSPS) is 19.9. The molecule has 0 bridgehead atoms. The number of pyridine rings is 2. The molecule has 4 aromatic rings. The van der Waals surface area contributed by atoms with Gasteiger partial charge in [-0.3, -0.25) is 14.6 Å². The van der Waals surface area contributed by atoms with Crippen LogP contribution in [0.25, 0.3) is 16.8 Å². The van der Waals surface area contributed by atoms with Gasteiger partial charge in [-0.25, -0.2) is 8.91 Å². The molecule has 5 heterocycles. The van der Waals surface area contributed by atoms with Gasteiger partial charge in [0, 0.05) is 36.9 Å². The van der Waals surface area contributed by atoms with E-state index < -0.39 is 11.9 Å². The van der Waals surface area contributed by atoms with Crippen LogP contribution in [0.5, 0.6) is 11.5 Å². The molecule has 6 rings (SSSR count). The second-order valence-corrected chi connectivity index (χ2v) is 10.7. The number of nitriles is 1. The Bertz CT molecular complexity index is 1570. The first-order valence-corrected chi connectivity index (χ1v) is 13.9. The Morgan fingerprint density at radius 2 is 2.02 bits per heavy atom. The highest BCUT2D eigenvalue weighted by molar-refractivity contribution is 5.75. The number of halogens is 1. The van der Waals surface area contributed by atoms with Gasteiger partial charge in [-0.15, -0.1) is 0 Å². The zero-order chi connectivity index (χ0) is 28.5. The third-order valence-corrected chi connectivity index (χ3v) is 8.31. The zero-order valence-corrected chi connectivity index (χ0v) is 23.1. The highest BCUT2D eigenvalue weighted by atomic mass is 19.1. The number of aliphatic hydroxyl groups excluding tert-OH is 1. The van der Waals surface area contributed by atoms with Gasteiger partial charge in [-0.1, -0.05) is 0 Å². The van der Waals surface area contributed by atoms with E-state index in [1.165, 1.54) is 17.8 Å². The van der Waals surface area contributed by atoms with Crippen molar-refractivity contribution in [2.45, 2.75) is 63.9 Å². The third-order valence-electron chi connectivity index (χ3n) is 8.31. The average molecular weight is 561 g/mol. The van der Waals surface area contributed by atoms with E-state index in [1.807, 2.05) is 12.3 Å². The van der Waals surface area contributed by atoms with Gasteiger partial charge in [0.15, 0.2) is 29.3 Å². The number of fused-ring (bicyclic) bond motifs is 2. The standard InChI is InChI=1S/C29H33FN8O3/c1-18-24-15-36(22-6-4-21(5-7-22)33-17-31)9-10-37(24)35-28(18)19-11-25(29-26(40-2)13-34-38(29)14-19)41-27(16-39)23-8-3-20(30)12-32-23/h3,8,11-14,21-22,27,33,39H,4-7,9-10,15-16H2,1-2H3/t21?,22?,27-/m0/s1. The van der Waals surface area contributed by atoms with Crippen molar-refractivity contribution in [2.24, 2.45) is 0 Å². The van der Waals surface area contributed by atoms with Crippen molar-refractivity contribution in [2.75, 3.05) is 20.3 Å². The molecule has 1 atom stereocenters. The molecule has 0 aromatic carbocycles. The van der Waals surface area contributed by atoms with Crippen molar-refractivity contribution >= 4 is 5.52 Å². The maximum atomic E-state index is 13.5. The van der Waals surface area contributed by atoms with Gasteiger partial charge in [0.1, 0.15) is 5.82 Å². The van der Waals surface area contributed by atoms with Crippen LogP contribution in [0.3, 0.4) is 0 Å². The first kappa shape index (κ1) is 27.0. The maximum absolute atomic E-state index is 13.5. The minimum atomic E-state index is -0.822. The van der Waals surface area contributed by atoms with Gasteiger partial charge in [0.2, 0.25) is 0 Å². The topological polar surface area (TPSA) is 126 Å². The smallest absolute Gasteiger partial charge is 0.176 e. The first-order valence-electron chi connectivity index (χ1n) is 13.9. The lowest BCUT2D eigenvalue weighted by molar-refractivity contribution is 0.112. The van der Waals surface area contributed by atoms with Crippen molar-refractivity contribution in [3.8, 4) is 28.9 Å². The van der Waals surface area contributed by atoms with E-state index in [0.717, 1.165) is 68.3 Å². The number of aliphatic hydroxyl groups is 1. The summed E-state index contributed by atoms with van der Waals surface area (Å²) in [4.78, 5) is 6.65. The van der Waals surface area contributed by atoms with E-state index in [0.29, 0.717) is 28.8 Å². The highest BCUT2D eigenvalue weighted by Gasteiger charge is 2.31. The molecule has 214 valence electrons. The van der Waals surface area contributed by atoms with Crippen molar-refractivity contribution in [1.82, 2.24) is 34.6 Å². The number of nitrogens with zero attached hydrogens (tertiary/aromatic N) is 7. The molecule has 2 aliphatic rings. The summed E-state index contributed by atoms with van der Waals surface area (Å²) in [5, 5.41) is 31.5. The highest BCUT2D eigenvalue weighted by Crippen LogP contribution is 2.37. The zero-order valence-electron chi connectivity index (χ0n) is 23.1. The fourth-order valence-electron chi connectivity index (χ4n) is 6.08. The summed E-state index contributed by atoms with van der Waals surface area (Å²) >= 11 is 0. The molecule has 0 unspecified atom stereocenters. The molecule has 41 heavy (non-hydrogen) atoms. The lowest BCUT2D eigenvalue weighted by Gasteiger charge is -2.38. The number of aromatic nitrogens is 5. The predicted molar refractivity (Wildman–Crippen MR) is 148 cm³/mol. The van der Waals surface area contributed by atoms with Crippen LogP contribution in [0.2, 0.25) is 0 Å². The number of methoxy groups -OCH3 is 1. The minimum Gasteiger partial charge on any atom is -0.493 e. The van der Waals surface area contributed by atoms with E-state index in [-0.39, 0.29) is 12.6 Å². The van der Waals surface area contributed by atoms with Crippen molar-refractivity contribution < 1.29 is 19.0 Å². The van der Waals surface area contributed by atoms with Crippen LogP contribution in [0.4, 0.5) is 4.39 Å². The van der Waals surface area contributed by atoms with Crippen LogP contribution in [-0.2, 0) is 13.1 Å². The predicted octanol–water partition coefficient (Wildman–Crippen LogP) is 3.36. The number of hydrogen-bond donors (Lipinski definition) is 2. The Morgan fingerprint density at radius 1 is 1.20 bits per heavy atom. The van der Waals surface area contributed by atoms with Gasteiger partial charge in [0.05, 0.1) is 49.7 Å². The number of ether oxygens (including phenoxy) is 2. The Labute approximate surface area is 237 Å². The van der Waals surface area contributed by atoms with Gasteiger partial charge >= 0.3 is 0 Å². The fourth-order valence-corrected chi connectivity index (χ4v) is 6.08. The van der Waals surface area contributed by atoms with Crippen LogP contribution in [0.15, 0.2) is 36.8 Å². The van der Waals surface area contributed by atoms with E-state index in [1.54, 1.807) is 17.8 Å². The molecule has 1 aliphatic heterocycles. The Balaban J connectivity index is 1.30. The lowest BCUT2D eigenvalue weighted by atomic mass is 9.90. The molecule has 1 fully saturated rings. The Hall–Kier alpha value is -4.21. The lowest BCUT2D eigenvalue weighted by Crippen LogP contribution is -2.45. The SMILES string of the molecule is COc1cnn2cc(-c3nn4c(c3C)CN(C3CCC(NC#N)CC3)CC4)cc(O[C@@H](CO)c3ccc(F)cn3)c12. The number of hydrogen-bond acceptors (Lipinski definition) is 9. The molecule has 2 N–H and O–H groups in total. The molecular formula is C29H33FN8O3. The molecule has 12 heteroatoms. The second kappa shape index (κ2) is 11.3. The van der Waals surface area contributed by atoms with Crippen LogP contribution in [0, 0.1) is 24.2 Å². The van der Waals surface area contributed by atoms with Crippen LogP contribution in [-0.4, -0.2) is 66.7 Å². The summed E-state index contributed by atoms with van der Waals surface area (Å²) in [5.41, 5.74) is 4.94. The molecule has 1 aliphatic carbocycles. The van der Waals surface area contributed by atoms with Crippen molar-refractivity contribution in [1.29, 1.82) is 5.26 Å². The van der Waals surface area contributed by atoms with Gasteiger partial charge in [-0.2, -0.15) is 15.5 Å². The summed E-state index contributed by atoms with van der Waals surface area (Å²) in [5.74, 6) is 0.497.